The fraction of sp³-hybridized carbons (Fsp3) is 0.345. The zero-order chi connectivity index (χ0) is 29.3. The third-order valence-electron chi connectivity index (χ3n) is 7.35. The minimum atomic E-state index is -4.06. The Hall–Kier alpha value is -3.67. The number of alkyl halides is 1. The highest BCUT2D eigenvalue weighted by atomic mass is 35.5. The van der Waals surface area contributed by atoms with Crippen LogP contribution in [0.5, 0.6) is 11.5 Å². The van der Waals surface area contributed by atoms with Crippen molar-refractivity contribution >= 4 is 38.9 Å². The van der Waals surface area contributed by atoms with Crippen molar-refractivity contribution in [1.82, 2.24) is 19.3 Å². The number of nitrogens with zero attached hydrogens (tertiary/aromatic N) is 4. The minimum Gasteiger partial charge on any atom is -0.508 e. The van der Waals surface area contributed by atoms with Crippen molar-refractivity contribution in [2.24, 2.45) is 0 Å². The molecule has 0 spiro atoms. The molecule has 1 aromatic heterocycles. The number of rotatable bonds is 9. The number of aromatic nitrogens is 3. The summed E-state index contributed by atoms with van der Waals surface area (Å²) < 4.78 is 39.6. The van der Waals surface area contributed by atoms with E-state index < -0.39 is 10.3 Å². The fourth-order valence-corrected chi connectivity index (χ4v) is 6.46. The van der Waals surface area contributed by atoms with Gasteiger partial charge in [0.2, 0.25) is 0 Å². The lowest BCUT2D eigenvalue weighted by Gasteiger charge is -2.28. The molecule has 0 radical (unpaired) electrons. The first-order valence-electron chi connectivity index (χ1n) is 13.3. The zero-order valence-electron chi connectivity index (χ0n) is 23.0. The Morgan fingerprint density at radius 2 is 1.98 bits per heavy atom. The fourth-order valence-electron chi connectivity index (χ4n) is 5.21. The monoisotopic (exact) mass is 598 g/mol. The van der Waals surface area contributed by atoms with Crippen LogP contribution in [0.15, 0.2) is 48.5 Å². The van der Waals surface area contributed by atoms with Gasteiger partial charge in [0, 0.05) is 30.5 Å². The lowest BCUT2D eigenvalue weighted by Crippen LogP contribution is -2.37. The molecular weight excluding hydrogens is 568 g/mol. The highest BCUT2D eigenvalue weighted by Crippen LogP contribution is 2.36. The topological polar surface area (TPSA) is 124 Å². The molecule has 0 saturated carbocycles. The van der Waals surface area contributed by atoms with Crippen LogP contribution in [0.1, 0.15) is 52.6 Å². The lowest BCUT2D eigenvalue weighted by atomic mass is 9.84. The lowest BCUT2D eigenvalue weighted by molar-refractivity contribution is -0.143. The molecule has 4 aromatic rings. The summed E-state index contributed by atoms with van der Waals surface area (Å²) in [5, 5.41) is 18.5. The predicted octanol–water partition coefficient (Wildman–Crippen LogP) is 4.72. The summed E-state index contributed by atoms with van der Waals surface area (Å²) in [6, 6.07) is 14.0. The van der Waals surface area contributed by atoms with E-state index in [1.165, 1.54) is 22.5 Å². The first-order valence-corrected chi connectivity index (χ1v) is 15.2. The van der Waals surface area contributed by atoms with E-state index in [1.54, 1.807) is 11.6 Å². The van der Waals surface area contributed by atoms with Crippen LogP contribution < -0.4 is 4.18 Å². The molecule has 3 aromatic carbocycles. The minimum absolute atomic E-state index is 0.0293. The largest absolute Gasteiger partial charge is 0.508 e. The maximum Gasteiger partial charge on any atom is 0.385 e. The summed E-state index contributed by atoms with van der Waals surface area (Å²) in [6.45, 7) is 6.52. The number of phenols is 1. The van der Waals surface area contributed by atoms with Gasteiger partial charge in [-0.25, -0.2) is 4.68 Å². The Morgan fingerprint density at radius 1 is 1.17 bits per heavy atom. The van der Waals surface area contributed by atoms with Crippen LogP contribution in [0.3, 0.4) is 0 Å². The third-order valence-corrected chi connectivity index (χ3v) is 8.80. The quantitative estimate of drug-likeness (QED) is 0.217. The number of hydrogen-bond acceptors (Lipinski definition) is 8. The number of carbonyl (C=O) groups is 1. The second kappa shape index (κ2) is 11.7. The summed E-state index contributed by atoms with van der Waals surface area (Å²) in [4.78, 5) is 12.8. The SMILES string of the molecule is CCOC(=O)CC(c1ccc(C)c(CN2Cc3cc(O)ccc3OS2(=O)=O)c1)c1ccc2c(nnn2CCCl)c1C. The summed E-state index contributed by atoms with van der Waals surface area (Å²) in [5.41, 5.74) is 6.43. The maximum atomic E-state index is 13.0. The standard InChI is InChI=1S/C29H31ClN4O6S/c1-4-39-28(36)15-25(24-8-9-26-29(19(24)3)31-32-34(26)12-11-30)20-6-5-18(2)21(13-20)16-33-17-22-14-23(35)7-10-27(22)40-41(33,37)38/h5-10,13-14,25,35H,4,11-12,15-17H2,1-3H3. The Bertz CT molecular complexity index is 1720. The molecule has 0 aliphatic carbocycles. The van der Waals surface area contributed by atoms with Gasteiger partial charge in [-0.3, -0.25) is 4.79 Å². The van der Waals surface area contributed by atoms with Crippen molar-refractivity contribution in [3.63, 3.8) is 0 Å². The molecule has 1 aliphatic rings. The van der Waals surface area contributed by atoms with Gasteiger partial charge in [0.15, 0.2) is 0 Å². The maximum absolute atomic E-state index is 13.0. The molecule has 0 bridgehead atoms. The van der Waals surface area contributed by atoms with E-state index in [1.807, 2.05) is 44.2 Å². The summed E-state index contributed by atoms with van der Waals surface area (Å²) in [7, 11) is -4.06. The molecular formula is C29H31ClN4O6S. The average molecular weight is 599 g/mol. The van der Waals surface area contributed by atoms with Crippen LogP contribution in [0.2, 0.25) is 0 Å². The van der Waals surface area contributed by atoms with Crippen molar-refractivity contribution in [2.75, 3.05) is 12.5 Å². The highest BCUT2D eigenvalue weighted by Gasteiger charge is 2.32. The molecule has 0 saturated heterocycles. The number of esters is 1. The molecule has 216 valence electrons. The molecule has 10 nitrogen and oxygen atoms in total. The molecule has 12 heteroatoms. The van der Waals surface area contributed by atoms with Crippen LogP contribution in [-0.2, 0) is 39.5 Å². The number of aryl methyl sites for hydroxylation is 3. The van der Waals surface area contributed by atoms with E-state index in [2.05, 4.69) is 10.3 Å². The van der Waals surface area contributed by atoms with E-state index in [4.69, 9.17) is 20.5 Å². The number of benzene rings is 3. The smallest absolute Gasteiger partial charge is 0.385 e. The van der Waals surface area contributed by atoms with Gasteiger partial charge in [0.1, 0.15) is 17.0 Å². The Kier molecular flexibility index (Phi) is 8.21. The molecule has 5 rings (SSSR count). The Labute approximate surface area is 243 Å². The molecule has 1 N–H and O–H groups in total. The van der Waals surface area contributed by atoms with Crippen LogP contribution >= 0.6 is 11.6 Å². The normalized spacial score (nSPS) is 15.3. The number of phenolic OH excluding ortho intramolecular Hbond substituents is 1. The third kappa shape index (κ3) is 5.88. The molecule has 0 amide bonds. The van der Waals surface area contributed by atoms with Crippen LogP contribution in [0.25, 0.3) is 11.0 Å². The van der Waals surface area contributed by atoms with E-state index in [0.29, 0.717) is 18.0 Å². The van der Waals surface area contributed by atoms with Gasteiger partial charge in [-0.1, -0.05) is 29.5 Å². The molecule has 2 heterocycles. The Morgan fingerprint density at radius 3 is 2.73 bits per heavy atom. The second-order valence-electron chi connectivity index (χ2n) is 10.00. The number of fused-ring (bicyclic) bond motifs is 2. The Balaban J connectivity index is 1.53. The van der Waals surface area contributed by atoms with Gasteiger partial charge >= 0.3 is 16.3 Å². The van der Waals surface area contributed by atoms with Crippen molar-refractivity contribution in [3.8, 4) is 11.5 Å². The number of halogens is 1. The second-order valence-corrected chi connectivity index (χ2v) is 11.9. The predicted molar refractivity (Wildman–Crippen MR) is 154 cm³/mol. The van der Waals surface area contributed by atoms with Crippen molar-refractivity contribution in [3.05, 3.63) is 81.9 Å². The summed E-state index contributed by atoms with van der Waals surface area (Å²) >= 11 is 5.93. The zero-order valence-corrected chi connectivity index (χ0v) is 24.6. The van der Waals surface area contributed by atoms with Gasteiger partial charge in [0.25, 0.3) is 0 Å². The van der Waals surface area contributed by atoms with Crippen molar-refractivity contribution < 1.29 is 27.2 Å². The summed E-state index contributed by atoms with van der Waals surface area (Å²) in [6.07, 6.45) is 0.0935. The number of ether oxygens (including phenoxy) is 1. The number of aromatic hydroxyl groups is 1. The molecule has 1 atom stereocenters. The highest BCUT2D eigenvalue weighted by molar-refractivity contribution is 7.84. The summed E-state index contributed by atoms with van der Waals surface area (Å²) in [5.74, 6) is -0.0767. The van der Waals surface area contributed by atoms with E-state index in [9.17, 15) is 18.3 Å². The first-order chi connectivity index (χ1) is 19.6. The van der Waals surface area contributed by atoms with Crippen LogP contribution in [0, 0.1) is 13.8 Å². The average Bonchev–Trinajstić information content (AvgIpc) is 3.33. The van der Waals surface area contributed by atoms with Gasteiger partial charge in [-0.05, 0) is 72.9 Å². The first kappa shape index (κ1) is 28.8. The van der Waals surface area contributed by atoms with Crippen LogP contribution in [-0.4, -0.2) is 51.3 Å². The number of carbonyl (C=O) groups excluding carboxylic acids is 1. The van der Waals surface area contributed by atoms with Crippen LogP contribution in [0.4, 0.5) is 0 Å². The van der Waals surface area contributed by atoms with E-state index >= 15 is 0 Å². The van der Waals surface area contributed by atoms with E-state index in [-0.39, 0.29) is 49.5 Å². The van der Waals surface area contributed by atoms with Crippen molar-refractivity contribution in [1.29, 1.82) is 0 Å². The molecule has 0 fully saturated rings. The van der Waals surface area contributed by atoms with Gasteiger partial charge in [-0.2, -0.15) is 12.7 Å². The molecule has 1 aliphatic heterocycles. The number of hydrogen-bond donors (Lipinski definition) is 1. The van der Waals surface area contributed by atoms with Gasteiger partial charge in [0.05, 0.1) is 25.1 Å². The van der Waals surface area contributed by atoms with E-state index in [0.717, 1.165) is 38.9 Å². The molecule has 41 heavy (non-hydrogen) atoms. The van der Waals surface area contributed by atoms with Gasteiger partial charge in [-0.15, -0.1) is 16.7 Å². The van der Waals surface area contributed by atoms with Crippen molar-refractivity contribution in [2.45, 2.75) is 52.7 Å². The van der Waals surface area contributed by atoms with Gasteiger partial charge < -0.3 is 14.0 Å². The molecule has 1 unspecified atom stereocenters.